The van der Waals surface area contributed by atoms with Crippen LogP contribution in [0.25, 0.3) is 0 Å². The lowest BCUT2D eigenvalue weighted by Gasteiger charge is -1.97. The Hall–Kier alpha value is -1.44. The standard InChI is InChI=1S/C14H17FO/c1-2-3-4-5-6-10-14(16)12-8-7-9-13(15)11-12/h5-9,11H,2-4,10H2,1H3/b6-5-. The van der Waals surface area contributed by atoms with Crippen LogP contribution in [0, 0.1) is 5.82 Å². The first-order valence-corrected chi connectivity index (χ1v) is 5.67. The average Bonchev–Trinajstić information content (AvgIpc) is 2.28. The zero-order valence-corrected chi connectivity index (χ0v) is 9.58. The third-order valence-corrected chi connectivity index (χ3v) is 2.34. The molecule has 0 unspecified atom stereocenters. The first kappa shape index (κ1) is 12.6. The number of rotatable bonds is 6. The number of ketones is 1. The van der Waals surface area contributed by atoms with E-state index >= 15 is 0 Å². The Balaban J connectivity index is 2.44. The van der Waals surface area contributed by atoms with Gasteiger partial charge in [-0.3, -0.25) is 4.79 Å². The molecule has 2 heteroatoms. The largest absolute Gasteiger partial charge is 0.294 e. The number of benzene rings is 1. The smallest absolute Gasteiger partial charge is 0.166 e. The lowest BCUT2D eigenvalue weighted by molar-refractivity contribution is 0.0995. The first-order chi connectivity index (χ1) is 7.74. The summed E-state index contributed by atoms with van der Waals surface area (Å²) >= 11 is 0. The number of unbranched alkanes of at least 4 members (excludes halogenated alkanes) is 2. The highest BCUT2D eigenvalue weighted by atomic mass is 19.1. The number of hydrogen-bond donors (Lipinski definition) is 0. The maximum absolute atomic E-state index is 12.8. The van der Waals surface area contributed by atoms with Gasteiger partial charge in [0.2, 0.25) is 0 Å². The van der Waals surface area contributed by atoms with Gasteiger partial charge in [-0.05, 0) is 18.6 Å². The topological polar surface area (TPSA) is 17.1 Å². The molecule has 1 rings (SSSR count). The molecule has 0 bridgehead atoms. The van der Waals surface area contributed by atoms with Crippen LogP contribution in [-0.2, 0) is 0 Å². The van der Waals surface area contributed by atoms with Gasteiger partial charge in [-0.15, -0.1) is 0 Å². The highest BCUT2D eigenvalue weighted by Gasteiger charge is 2.03. The van der Waals surface area contributed by atoms with Crippen molar-refractivity contribution in [3.05, 3.63) is 47.8 Å². The van der Waals surface area contributed by atoms with Crippen LogP contribution in [0.2, 0.25) is 0 Å². The van der Waals surface area contributed by atoms with E-state index in [1.54, 1.807) is 12.1 Å². The Bertz CT molecular complexity index is 369. The van der Waals surface area contributed by atoms with Gasteiger partial charge in [-0.2, -0.15) is 0 Å². The first-order valence-electron chi connectivity index (χ1n) is 5.67. The number of carbonyl (C=O) groups excluding carboxylic acids is 1. The molecule has 0 heterocycles. The molecule has 0 N–H and O–H groups in total. The molecule has 0 saturated heterocycles. The predicted octanol–water partition coefficient (Wildman–Crippen LogP) is 4.14. The third kappa shape index (κ3) is 4.39. The molecule has 0 spiro atoms. The number of allylic oxidation sites excluding steroid dienone is 2. The van der Waals surface area contributed by atoms with Crippen molar-refractivity contribution in [2.45, 2.75) is 32.6 Å². The lowest BCUT2D eigenvalue weighted by Crippen LogP contribution is -1.97. The fraction of sp³-hybridized carbons (Fsp3) is 0.357. The van der Waals surface area contributed by atoms with E-state index in [2.05, 4.69) is 6.92 Å². The Kier molecular flexibility index (Phi) is 5.48. The Morgan fingerprint density at radius 2 is 2.19 bits per heavy atom. The molecule has 86 valence electrons. The zero-order valence-electron chi connectivity index (χ0n) is 9.58. The van der Waals surface area contributed by atoms with E-state index in [9.17, 15) is 9.18 Å². The summed E-state index contributed by atoms with van der Waals surface area (Å²) in [5.74, 6) is -0.395. The minimum absolute atomic E-state index is 0.0350. The minimum atomic E-state index is -0.360. The van der Waals surface area contributed by atoms with Crippen LogP contribution >= 0.6 is 0 Å². The van der Waals surface area contributed by atoms with Gasteiger partial charge in [0.15, 0.2) is 5.78 Å². The zero-order chi connectivity index (χ0) is 11.8. The third-order valence-electron chi connectivity index (χ3n) is 2.34. The lowest BCUT2D eigenvalue weighted by atomic mass is 10.1. The molecule has 0 saturated carbocycles. The molecule has 0 atom stereocenters. The highest BCUT2D eigenvalue weighted by molar-refractivity contribution is 5.96. The maximum Gasteiger partial charge on any atom is 0.166 e. The molecule has 1 nitrogen and oxygen atoms in total. The van der Waals surface area contributed by atoms with Crippen LogP contribution in [0.1, 0.15) is 43.0 Å². The van der Waals surface area contributed by atoms with E-state index in [4.69, 9.17) is 0 Å². The van der Waals surface area contributed by atoms with Crippen LogP contribution in [-0.4, -0.2) is 5.78 Å². The Labute approximate surface area is 96.0 Å². The molecule has 0 aliphatic rings. The molecular weight excluding hydrogens is 203 g/mol. The van der Waals surface area contributed by atoms with Crippen LogP contribution in [0.15, 0.2) is 36.4 Å². The van der Waals surface area contributed by atoms with Crippen LogP contribution in [0.4, 0.5) is 4.39 Å². The molecule has 16 heavy (non-hydrogen) atoms. The SMILES string of the molecule is CCCC/C=C\CC(=O)c1cccc(F)c1. The summed E-state index contributed by atoms with van der Waals surface area (Å²) in [6, 6.07) is 5.82. The van der Waals surface area contributed by atoms with Crippen molar-refractivity contribution in [1.29, 1.82) is 0 Å². The fourth-order valence-electron chi connectivity index (χ4n) is 1.41. The molecule has 0 aliphatic carbocycles. The van der Waals surface area contributed by atoms with Gasteiger partial charge < -0.3 is 0 Å². The maximum atomic E-state index is 12.8. The van der Waals surface area contributed by atoms with E-state index < -0.39 is 0 Å². The number of Topliss-reactive ketones (excluding diaryl/α,β-unsaturated/α-hetero) is 1. The predicted molar refractivity (Wildman–Crippen MR) is 64.0 cm³/mol. The van der Waals surface area contributed by atoms with Crippen LogP contribution in [0.5, 0.6) is 0 Å². The van der Waals surface area contributed by atoms with Crippen LogP contribution in [0.3, 0.4) is 0 Å². The molecule has 0 fully saturated rings. The monoisotopic (exact) mass is 220 g/mol. The Morgan fingerprint density at radius 1 is 1.38 bits per heavy atom. The summed E-state index contributed by atoms with van der Waals surface area (Å²) in [7, 11) is 0. The normalized spacial score (nSPS) is 10.9. The second kappa shape index (κ2) is 6.94. The van der Waals surface area contributed by atoms with Crippen LogP contribution < -0.4 is 0 Å². The summed E-state index contributed by atoms with van der Waals surface area (Å²) in [4.78, 5) is 11.6. The number of carbonyl (C=O) groups is 1. The molecule has 1 aromatic carbocycles. The van der Waals surface area contributed by atoms with E-state index in [1.807, 2.05) is 12.2 Å². The molecule has 0 radical (unpaired) electrons. The van der Waals surface area contributed by atoms with Crippen molar-refractivity contribution in [1.82, 2.24) is 0 Å². The molecule has 0 aromatic heterocycles. The van der Waals surface area contributed by atoms with Gasteiger partial charge in [0.25, 0.3) is 0 Å². The summed E-state index contributed by atoms with van der Waals surface area (Å²) in [5, 5.41) is 0. The molecule has 0 aliphatic heterocycles. The fourth-order valence-corrected chi connectivity index (χ4v) is 1.41. The molecule has 0 amide bonds. The highest BCUT2D eigenvalue weighted by Crippen LogP contribution is 2.07. The molecule has 1 aromatic rings. The van der Waals surface area contributed by atoms with Gasteiger partial charge in [-0.25, -0.2) is 4.39 Å². The van der Waals surface area contributed by atoms with Crippen molar-refractivity contribution >= 4 is 5.78 Å². The second-order valence-corrected chi connectivity index (χ2v) is 3.75. The average molecular weight is 220 g/mol. The van der Waals surface area contributed by atoms with Gasteiger partial charge in [-0.1, -0.05) is 44.1 Å². The van der Waals surface area contributed by atoms with Gasteiger partial charge >= 0.3 is 0 Å². The van der Waals surface area contributed by atoms with E-state index in [1.165, 1.54) is 12.1 Å². The number of halogens is 1. The second-order valence-electron chi connectivity index (χ2n) is 3.75. The summed E-state index contributed by atoms with van der Waals surface area (Å²) in [6.07, 6.45) is 7.54. The summed E-state index contributed by atoms with van der Waals surface area (Å²) in [6.45, 7) is 2.13. The van der Waals surface area contributed by atoms with Gasteiger partial charge in [0, 0.05) is 12.0 Å². The summed E-state index contributed by atoms with van der Waals surface area (Å²) < 4.78 is 12.8. The van der Waals surface area contributed by atoms with E-state index in [-0.39, 0.29) is 11.6 Å². The Morgan fingerprint density at radius 3 is 2.88 bits per heavy atom. The van der Waals surface area contributed by atoms with Crippen molar-refractivity contribution in [3.63, 3.8) is 0 Å². The van der Waals surface area contributed by atoms with Crippen molar-refractivity contribution in [3.8, 4) is 0 Å². The summed E-state index contributed by atoms with van der Waals surface area (Å²) in [5.41, 5.74) is 0.445. The van der Waals surface area contributed by atoms with Crippen molar-refractivity contribution < 1.29 is 9.18 Å². The minimum Gasteiger partial charge on any atom is -0.294 e. The van der Waals surface area contributed by atoms with Gasteiger partial charge in [0.05, 0.1) is 0 Å². The molecular formula is C14H17FO. The van der Waals surface area contributed by atoms with Crippen molar-refractivity contribution in [2.24, 2.45) is 0 Å². The van der Waals surface area contributed by atoms with Crippen molar-refractivity contribution in [2.75, 3.05) is 0 Å². The van der Waals surface area contributed by atoms with Gasteiger partial charge in [0.1, 0.15) is 5.82 Å². The van der Waals surface area contributed by atoms with E-state index in [0.29, 0.717) is 12.0 Å². The quantitative estimate of drug-likeness (QED) is 0.400. The number of hydrogen-bond acceptors (Lipinski definition) is 1. The van der Waals surface area contributed by atoms with E-state index in [0.717, 1.165) is 19.3 Å².